The highest BCUT2D eigenvalue weighted by Crippen LogP contribution is 2.16. The predicted octanol–water partition coefficient (Wildman–Crippen LogP) is 4.24. The van der Waals surface area contributed by atoms with Crippen molar-refractivity contribution in [2.24, 2.45) is 0 Å². The molecule has 1 N–H and O–H groups in total. The maximum atomic E-state index is 12.3. The second-order valence-corrected chi connectivity index (χ2v) is 6.00. The molecule has 0 aliphatic rings. The third-order valence-electron chi connectivity index (χ3n) is 3.84. The fourth-order valence-electron chi connectivity index (χ4n) is 2.50. The number of pyridine rings is 1. The molecule has 140 valence electrons. The number of hydrogen-bond donors (Lipinski definition) is 1. The molecule has 0 atom stereocenters. The van der Waals surface area contributed by atoms with Crippen LogP contribution < -0.4 is 5.32 Å². The van der Waals surface area contributed by atoms with E-state index in [1.165, 1.54) is 0 Å². The van der Waals surface area contributed by atoms with Gasteiger partial charge in [0.1, 0.15) is 12.3 Å². The van der Waals surface area contributed by atoms with Crippen molar-refractivity contribution in [3.63, 3.8) is 0 Å². The maximum Gasteiger partial charge on any atom is 0.411 e. The van der Waals surface area contributed by atoms with Gasteiger partial charge in [0, 0.05) is 11.9 Å². The van der Waals surface area contributed by atoms with Crippen LogP contribution in [0.15, 0.2) is 60.7 Å². The molecule has 3 rings (SSSR count). The van der Waals surface area contributed by atoms with E-state index >= 15 is 0 Å². The number of alkyl halides is 3. The summed E-state index contributed by atoms with van der Waals surface area (Å²) in [5.74, 6) is -0.293. The van der Waals surface area contributed by atoms with Crippen LogP contribution in [-0.2, 0) is 17.9 Å². The van der Waals surface area contributed by atoms with E-state index in [1.807, 2.05) is 30.3 Å². The Morgan fingerprint density at radius 3 is 2.41 bits per heavy atom. The zero-order valence-electron chi connectivity index (χ0n) is 14.3. The number of para-hydroxylation sites is 1. The number of benzene rings is 2. The molecule has 7 heteroatoms. The molecule has 27 heavy (non-hydrogen) atoms. The summed E-state index contributed by atoms with van der Waals surface area (Å²) >= 11 is 0. The van der Waals surface area contributed by atoms with Crippen LogP contribution in [0.2, 0.25) is 0 Å². The molecular weight excluding hydrogens is 357 g/mol. The minimum atomic E-state index is -4.33. The summed E-state index contributed by atoms with van der Waals surface area (Å²) in [4.78, 5) is 16.6. The second kappa shape index (κ2) is 8.18. The molecule has 1 amide bonds. The van der Waals surface area contributed by atoms with E-state index in [4.69, 9.17) is 0 Å². The van der Waals surface area contributed by atoms with Crippen molar-refractivity contribution in [3.05, 3.63) is 77.5 Å². The number of halogens is 3. The fraction of sp³-hybridized carbons (Fsp3) is 0.200. The van der Waals surface area contributed by atoms with Crippen LogP contribution in [0.3, 0.4) is 0 Å². The third-order valence-corrected chi connectivity index (χ3v) is 3.84. The van der Waals surface area contributed by atoms with E-state index in [9.17, 15) is 18.0 Å². The predicted molar refractivity (Wildman–Crippen MR) is 95.1 cm³/mol. The lowest BCUT2D eigenvalue weighted by atomic mass is 10.1. The van der Waals surface area contributed by atoms with Crippen molar-refractivity contribution < 1.29 is 22.7 Å². The number of hydrogen-bond acceptors (Lipinski definition) is 3. The Labute approximate surface area is 154 Å². The Balaban J connectivity index is 1.53. The van der Waals surface area contributed by atoms with E-state index < -0.39 is 12.8 Å². The van der Waals surface area contributed by atoms with Crippen molar-refractivity contribution >= 4 is 16.8 Å². The highest BCUT2D eigenvalue weighted by molar-refractivity contribution is 5.94. The maximum absolute atomic E-state index is 12.3. The van der Waals surface area contributed by atoms with Crippen LogP contribution in [0.4, 0.5) is 13.2 Å². The van der Waals surface area contributed by atoms with E-state index in [-0.39, 0.29) is 19.1 Å². The van der Waals surface area contributed by atoms with Gasteiger partial charge in [0.15, 0.2) is 0 Å². The Morgan fingerprint density at radius 1 is 0.963 bits per heavy atom. The van der Waals surface area contributed by atoms with Gasteiger partial charge in [-0.05, 0) is 23.3 Å². The minimum Gasteiger partial charge on any atom is -0.367 e. The number of amides is 1. The molecule has 4 nitrogen and oxygen atoms in total. The van der Waals surface area contributed by atoms with Gasteiger partial charge in [-0.2, -0.15) is 13.2 Å². The van der Waals surface area contributed by atoms with E-state index in [0.717, 1.165) is 16.5 Å². The normalized spacial score (nSPS) is 11.5. The van der Waals surface area contributed by atoms with Gasteiger partial charge in [0.05, 0.1) is 12.1 Å². The number of fused-ring (bicyclic) bond motifs is 1. The molecule has 1 aromatic heterocycles. The smallest absolute Gasteiger partial charge is 0.367 e. The molecular formula is C20H17F3N2O2. The van der Waals surface area contributed by atoms with Gasteiger partial charge in [-0.1, -0.05) is 48.5 Å². The number of ether oxygens (including phenoxy) is 1. The SMILES string of the molecule is O=C(NCc1ccc(COCC(F)(F)F)cc1)c1ccc2ccccc2n1. The van der Waals surface area contributed by atoms with Crippen LogP contribution in [-0.4, -0.2) is 23.7 Å². The molecule has 1 heterocycles. The first-order chi connectivity index (χ1) is 12.9. The zero-order chi connectivity index (χ0) is 19.3. The quantitative estimate of drug-likeness (QED) is 0.702. The summed E-state index contributed by atoms with van der Waals surface area (Å²) in [5, 5.41) is 3.74. The average Bonchev–Trinajstić information content (AvgIpc) is 2.65. The Morgan fingerprint density at radius 2 is 1.67 bits per heavy atom. The molecule has 0 radical (unpaired) electrons. The van der Waals surface area contributed by atoms with Crippen molar-refractivity contribution in [3.8, 4) is 0 Å². The summed E-state index contributed by atoms with van der Waals surface area (Å²) in [6.45, 7) is -1.10. The molecule has 0 unspecified atom stereocenters. The van der Waals surface area contributed by atoms with Crippen LogP contribution in [0.25, 0.3) is 10.9 Å². The van der Waals surface area contributed by atoms with Gasteiger partial charge in [0.25, 0.3) is 5.91 Å². The number of carbonyl (C=O) groups excluding carboxylic acids is 1. The van der Waals surface area contributed by atoms with Crippen LogP contribution in [0.5, 0.6) is 0 Å². The molecule has 0 fully saturated rings. The Kier molecular flexibility index (Phi) is 5.71. The summed E-state index contributed by atoms with van der Waals surface area (Å²) in [7, 11) is 0. The Hall–Kier alpha value is -2.93. The van der Waals surface area contributed by atoms with Gasteiger partial charge in [-0.15, -0.1) is 0 Å². The monoisotopic (exact) mass is 374 g/mol. The van der Waals surface area contributed by atoms with Crippen molar-refractivity contribution in [2.45, 2.75) is 19.3 Å². The van der Waals surface area contributed by atoms with Crippen LogP contribution in [0.1, 0.15) is 21.6 Å². The first-order valence-corrected chi connectivity index (χ1v) is 8.27. The van der Waals surface area contributed by atoms with Gasteiger partial charge < -0.3 is 10.1 Å². The molecule has 0 aliphatic carbocycles. The lowest BCUT2D eigenvalue weighted by Crippen LogP contribution is -2.23. The van der Waals surface area contributed by atoms with Crippen molar-refractivity contribution in [1.82, 2.24) is 10.3 Å². The van der Waals surface area contributed by atoms with Gasteiger partial charge in [-0.25, -0.2) is 4.98 Å². The van der Waals surface area contributed by atoms with E-state index in [0.29, 0.717) is 11.3 Å². The number of aromatic nitrogens is 1. The molecule has 3 aromatic rings. The molecule has 0 saturated heterocycles. The number of nitrogens with one attached hydrogen (secondary N) is 1. The summed E-state index contributed by atoms with van der Waals surface area (Å²) in [6, 6.07) is 17.8. The van der Waals surface area contributed by atoms with E-state index in [2.05, 4.69) is 15.0 Å². The second-order valence-electron chi connectivity index (χ2n) is 6.00. The van der Waals surface area contributed by atoms with Crippen LogP contribution in [0, 0.1) is 0 Å². The molecule has 2 aromatic carbocycles. The summed E-state index contributed by atoms with van der Waals surface area (Å²) in [6.07, 6.45) is -4.33. The first kappa shape index (κ1) is 18.8. The highest BCUT2D eigenvalue weighted by Gasteiger charge is 2.27. The topological polar surface area (TPSA) is 51.2 Å². The summed E-state index contributed by atoms with van der Waals surface area (Å²) < 4.78 is 40.8. The number of rotatable bonds is 6. The molecule has 0 spiro atoms. The van der Waals surface area contributed by atoms with Crippen molar-refractivity contribution in [2.75, 3.05) is 6.61 Å². The minimum absolute atomic E-state index is 0.118. The lowest BCUT2D eigenvalue weighted by molar-refractivity contribution is -0.176. The largest absolute Gasteiger partial charge is 0.411 e. The number of nitrogens with zero attached hydrogens (tertiary/aromatic N) is 1. The molecule has 0 saturated carbocycles. The highest BCUT2D eigenvalue weighted by atomic mass is 19.4. The fourth-order valence-corrected chi connectivity index (χ4v) is 2.50. The first-order valence-electron chi connectivity index (χ1n) is 8.27. The number of carbonyl (C=O) groups is 1. The third kappa shape index (κ3) is 5.52. The Bertz CT molecular complexity index is 924. The molecule has 0 bridgehead atoms. The van der Waals surface area contributed by atoms with Crippen LogP contribution >= 0.6 is 0 Å². The lowest BCUT2D eigenvalue weighted by Gasteiger charge is -2.09. The average molecular weight is 374 g/mol. The van der Waals surface area contributed by atoms with Gasteiger partial charge in [-0.3, -0.25) is 4.79 Å². The zero-order valence-corrected chi connectivity index (χ0v) is 14.3. The standard InChI is InChI=1S/C20H17F3N2O2/c21-20(22,23)13-27-12-15-7-5-14(6-8-15)11-24-19(26)18-10-9-16-3-1-2-4-17(16)25-18/h1-10H,11-13H2,(H,24,26). The summed E-state index contributed by atoms with van der Waals surface area (Å²) in [5.41, 5.74) is 2.52. The molecule has 0 aliphatic heterocycles. The van der Waals surface area contributed by atoms with Crippen molar-refractivity contribution in [1.29, 1.82) is 0 Å². The van der Waals surface area contributed by atoms with E-state index in [1.54, 1.807) is 30.3 Å². The van der Waals surface area contributed by atoms with Gasteiger partial charge >= 0.3 is 6.18 Å². The van der Waals surface area contributed by atoms with Gasteiger partial charge in [0.2, 0.25) is 0 Å².